The Morgan fingerprint density at radius 1 is 1.38 bits per heavy atom. The molecule has 0 spiro atoms. The third-order valence-corrected chi connectivity index (χ3v) is 2.44. The molecule has 0 aromatic carbocycles. The molecular formula is C14H21N3O4. The van der Waals surface area contributed by atoms with Gasteiger partial charge in [0, 0.05) is 19.8 Å². The first kappa shape index (κ1) is 16.9. The molecule has 3 N–H and O–H groups in total. The van der Waals surface area contributed by atoms with Crippen LogP contribution < -0.4 is 10.6 Å². The van der Waals surface area contributed by atoms with Crippen molar-refractivity contribution < 1.29 is 19.4 Å². The summed E-state index contributed by atoms with van der Waals surface area (Å²) < 4.78 is 5.39. The summed E-state index contributed by atoms with van der Waals surface area (Å²) in [7, 11) is 0. The Morgan fingerprint density at radius 2 is 2.14 bits per heavy atom. The molecule has 0 bridgehead atoms. The molecule has 0 unspecified atom stereocenters. The van der Waals surface area contributed by atoms with Gasteiger partial charge in [-0.15, -0.1) is 0 Å². The van der Waals surface area contributed by atoms with Gasteiger partial charge in [-0.2, -0.15) is 0 Å². The highest BCUT2D eigenvalue weighted by atomic mass is 16.5. The number of hydrogen-bond donors (Lipinski definition) is 3. The second kappa shape index (κ2) is 8.91. The summed E-state index contributed by atoms with van der Waals surface area (Å²) in [5.41, 5.74) is 0.372. The van der Waals surface area contributed by atoms with Crippen LogP contribution in [0.2, 0.25) is 0 Å². The summed E-state index contributed by atoms with van der Waals surface area (Å²) >= 11 is 0. The molecule has 7 heteroatoms. The van der Waals surface area contributed by atoms with Gasteiger partial charge in [0.2, 0.25) is 0 Å². The fraction of sp³-hybridized carbons (Fsp3) is 0.500. The van der Waals surface area contributed by atoms with Gasteiger partial charge in [0.1, 0.15) is 5.69 Å². The Morgan fingerprint density at radius 3 is 2.71 bits per heavy atom. The molecule has 0 aliphatic rings. The van der Waals surface area contributed by atoms with Crippen LogP contribution >= 0.6 is 0 Å². The molecular weight excluding hydrogens is 274 g/mol. The zero-order chi connectivity index (χ0) is 15.7. The zero-order valence-electron chi connectivity index (χ0n) is 12.3. The monoisotopic (exact) mass is 295 g/mol. The molecule has 1 aromatic rings. The van der Waals surface area contributed by atoms with E-state index in [1.807, 2.05) is 0 Å². The summed E-state index contributed by atoms with van der Waals surface area (Å²) in [5.74, 6) is -0.602. The number of rotatable bonds is 8. The summed E-state index contributed by atoms with van der Waals surface area (Å²) in [6.07, 6.45) is 2.03. The minimum Gasteiger partial charge on any atom is -0.477 e. The Bertz CT molecular complexity index is 460. The minimum atomic E-state index is -1.10. The van der Waals surface area contributed by atoms with E-state index in [0.29, 0.717) is 31.4 Å². The quantitative estimate of drug-likeness (QED) is 0.636. The number of pyridine rings is 1. The first-order valence-electron chi connectivity index (χ1n) is 6.81. The number of ether oxygens (including phenoxy) is 1. The molecule has 1 aromatic heterocycles. The van der Waals surface area contributed by atoms with Crippen molar-refractivity contribution in [2.75, 3.05) is 25.1 Å². The van der Waals surface area contributed by atoms with E-state index in [2.05, 4.69) is 29.5 Å². The summed E-state index contributed by atoms with van der Waals surface area (Å²) in [6.45, 7) is 5.98. The fourth-order valence-electron chi connectivity index (χ4n) is 1.46. The van der Waals surface area contributed by atoms with Gasteiger partial charge in [0.05, 0.1) is 11.9 Å². The molecule has 0 saturated carbocycles. The van der Waals surface area contributed by atoms with Gasteiger partial charge in [-0.25, -0.2) is 14.6 Å². The van der Waals surface area contributed by atoms with Crippen molar-refractivity contribution in [3.05, 3.63) is 24.0 Å². The predicted molar refractivity (Wildman–Crippen MR) is 78.5 cm³/mol. The van der Waals surface area contributed by atoms with Crippen molar-refractivity contribution in [3.8, 4) is 0 Å². The maximum Gasteiger partial charge on any atom is 0.354 e. The molecule has 0 fully saturated rings. The number of carboxylic acids is 1. The van der Waals surface area contributed by atoms with E-state index in [9.17, 15) is 9.59 Å². The molecule has 0 radical (unpaired) electrons. The van der Waals surface area contributed by atoms with E-state index < -0.39 is 5.97 Å². The average molecular weight is 295 g/mol. The van der Waals surface area contributed by atoms with Crippen LogP contribution in [0, 0.1) is 5.92 Å². The topological polar surface area (TPSA) is 101 Å². The van der Waals surface area contributed by atoms with Crippen LogP contribution in [0.1, 0.15) is 30.8 Å². The van der Waals surface area contributed by atoms with Gasteiger partial charge in [-0.05, 0) is 24.5 Å². The van der Waals surface area contributed by atoms with Crippen LogP contribution in [0.3, 0.4) is 0 Å². The van der Waals surface area contributed by atoms with Gasteiger partial charge >= 0.3 is 12.0 Å². The lowest BCUT2D eigenvalue weighted by molar-refractivity contribution is 0.0690. The van der Waals surface area contributed by atoms with Crippen molar-refractivity contribution in [2.45, 2.75) is 20.3 Å². The van der Waals surface area contributed by atoms with Gasteiger partial charge in [-0.3, -0.25) is 0 Å². The van der Waals surface area contributed by atoms with Crippen molar-refractivity contribution in [1.29, 1.82) is 0 Å². The number of carbonyl (C=O) groups is 2. The molecule has 2 amide bonds. The molecule has 21 heavy (non-hydrogen) atoms. The van der Waals surface area contributed by atoms with E-state index in [-0.39, 0.29) is 11.7 Å². The smallest absolute Gasteiger partial charge is 0.354 e. The van der Waals surface area contributed by atoms with Gasteiger partial charge in [0.25, 0.3) is 0 Å². The van der Waals surface area contributed by atoms with Gasteiger partial charge < -0.3 is 20.5 Å². The number of aromatic nitrogens is 1. The van der Waals surface area contributed by atoms with Crippen molar-refractivity contribution >= 4 is 17.7 Å². The maximum atomic E-state index is 11.6. The average Bonchev–Trinajstić information content (AvgIpc) is 2.43. The zero-order valence-corrected chi connectivity index (χ0v) is 12.3. The summed E-state index contributed by atoms with van der Waals surface area (Å²) in [4.78, 5) is 25.9. The van der Waals surface area contributed by atoms with Crippen molar-refractivity contribution in [2.24, 2.45) is 5.92 Å². The lowest BCUT2D eigenvalue weighted by atomic mass is 10.2. The Kier molecular flexibility index (Phi) is 7.17. The number of urea groups is 1. The van der Waals surface area contributed by atoms with Crippen LogP contribution in [0.25, 0.3) is 0 Å². The molecule has 0 aliphatic heterocycles. The van der Waals surface area contributed by atoms with Crippen LogP contribution in [0.5, 0.6) is 0 Å². The molecule has 0 atom stereocenters. The first-order valence-corrected chi connectivity index (χ1v) is 6.81. The van der Waals surface area contributed by atoms with Crippen LogP contribution in [-0.2, 0) is 4.74 Å². The van der Waals surface area contributed by atoms with Crippen LogP contribution in [-0.4, -0.2) is 41.8 Å². The van der Waals surface area contributed by atoms with Crippen LogP contribution in [0.4, 0.5) is 10.5 Å². The second-order valence-electron chi connectivity index (χ2n) is 4.94. The third kappa shape index (κ3) is 7.26. The molecule has 7 nitrogen and oxygen atoms in total. The third-order valence-electron chi connectivity index (χ3n) is 2.44. The highest BCUT2D eigenvalue weighted by Crippen LogP contribution is 2.05. The number of carboxylic acid groups (broad SMARTS) is 1. The molecule has 0 saturated heterocycles. The van der Waals surface area contributed by atoms with E-state index in [0.717, 1.165) is 6.42 Å². The Balaban J connectivity index is 2.20. The highest BCUT2D eigenvalue weighted by molar-refractivity contribution is 5.90. The van der Waals surface area contributed by atoms with E-state index in [1.165, 1.54) is 18.3 Å². The first-order chi connectivity index (χ1) is 9.99. The Hall–Kier alpha value is -2.15. The number of hydrogen-bond acceptors (Lipinski definition) is 4. The summed E-state index contributed by atoms with van der Waals surface area (Å²) in [5, 5.41) is 14.0. The standard InChI is InChI=1S/C14H21N3O4/c1-10(2)9-21-7-3-6-15-14(20)17-11-4-5-12(13(18)19)16-8-11/h4-5,8,10H,3,6-7,9H2,1-2H3,(H,18,19)(H2,15,17,20). The minimum absolute atomic E-state index is 0.0664. The largest absolute Gasteiger partial charge is 0.477 e. The van der Waals surface area contributed by atoms with Crippen LogP contribution in [0.15, 0.2) is 18.3 Å². The lowest BCUT2D eigenvalue weighted by Crippen LogP contribution is -2.30. The normalized spacial score (nSPS) is 10.4. The van der Waals surface area contributed by atoms with E-state index in [1.54, 1.807) is 0 Å². The van der Waals surface area contributed by atoms with E-state index in [4.69, 9.17) is 9.84 Å². The molecule has 1 rings (SSSR count). The van der Waals surface area contributed by atoms with Gasteiger partial charge in [-0.1, -0.05) is 13.8 Å². The highest BCUT2D eigenvalue weighted by Gasteiger charge is 2.05. The SMILES string of the molecule is CC(C)COCCCNC(=O)Nc1ccc(C(=O)O)nc1. The second-order valence-corrected chi connectivity index (χ2v) is 4.94. The number of nitrogens with zero attached hydrogens (tertiary/aromatic N) is 1. The Labute approximate surface area is 123 Å². The molecule has 1 heterocycles. The number of aromatic carboxylic acids is 1. The number of nitrogens with one attached hydrogen (secondary N) is 2. The number of anilines is 1. The van der Waals surface area contributed by atoms with Crippen molar-refractivity contribution in [3.63, 3.8) is 0 Å². The van der Waals surface area contributed by atoms with Gasteiger partial charge in [0.15, 0.2) is 0 Å². The fourth-order valence-corrected chi connectivity index (χ4v) is 1.46. The number of amides is 2. The van der Waals surface area contributed by atoms with E-state index >= 15 is 0 Å². The molecule has 116 valence electrons. The summed E-state index contributed by atoms with van der Waals surface area (Å²) in [6, 6.07) is 2.46. The predicted octanol–water partition coefficient (Wildman–Crippen LogP) is 1.96. The number of carbonyl (C=O) groups excluding carboxylic acids is 1. The van der Waals surface area contributed by atoms with Crippen molar-refractivity contribution in [1.82, 2.24) is 10.3 Å². The molecule has 0 aliphatic carbocycles. The lowest BCUT2D eigenvalue weighted by Gasteiger charge is -2.09. The maximum absolute atomic E-state index is 11.6.